The fourth-order valence-corrected chi connectivity index (χ4v) is 12.2. The second-order valence-corrected chi connectivity index (χ2v) is 35.3. The Morgan fingerprint density at radius 2 is 0.837 bits per heavy atom. The Morgan fingerprint density at radius 3 is 1.28 bits per heavy atom. The standard InChI is InChI=1S/C80H130N20O23/c1-22-80(21,71(122)89-45(30-33-52(81)103)57(107)86-47(64(114)115)32-35-54(83)105)99-70(121)78(17,18)96-63(113)56(42(4)5)91-62(112)51-29-26-36-100(51)72(123)79(19,20)95-60(110)48(37-41(2)3)87-58(108)50(40-101)90-67(118)75(11,12)98-68(119)76(13,14)93-59(109)46(31-34-53(82)104)88-66(117)74(9,10)97-69(120)77(15,16)94-61(111)49(38-44-27-24-23-25-28-44)85-55(106)39-84-65(116)73(7,8)92-43(6)102/h23-25,27-28,41-42,45-51,56,101H,22,26,29-40H2,1-21H3,(H2,81,103)(H2,82,104)(H2,83,105)(H,84,116)(H,85,106)(H,86,107)(H,87,108)(H,88,117)(H,89,122)(H,90,118)(H,91,112)(H,92,102)(H,93,109)(H,94,111)(H,95,110)(H,96,113)(H,97,120)(H,98,119)(H,99,121)(H,114,115)/t45-,46-,47-,48-,49-,50-,51-,56-,80-/m0/s1. The number of aliphatic hydroxyl groups excluding tert-OH is 1. The van der Waals surface area contributed by atoms with Crippen molar-refractivity contribution >= 4 is 124 Å². The van der Waals surface area contributed by atoms with E-state index >= 15 is 0 Å². The molecule has 43 heteroatoms. The van der Waals surface area contributed by atoms with Gasteiger partial charge in [-0.15, -0.1) is 0 Å². The summed E-state index contributed by atoms with van der Waals surface area (Å²) in [6, 6.07) is -3.52. The van der Waals surface area contributed by atoms with Gasteiger partial charge in [0.15, 0.2) is 0 Å². The predicted molar refractivity (Wildman–Crippen MR) is 444 cm³/mol. The molecule has 1 aliphatic heterocycles. The van der Waals surface area contributed by atoms with Crippen LogP contribution in [0.2, 0.25) is 0 Å². The lowest BCUT2D eigenvalue weighted by Crippen LogP contribution is -2.67. The number of aliphatic carboxylic acids is 1. The average Bonchev–Trinajstić information content (AvgIpc) is 1.79. The number of carboxylic acids is 1. The molecule has 0 spiro atoms. The Kier molecular flexibility index (Phi) is 39.4. The first-order chi connectivity index (χ1) is 56.3. The zero-order chi connectivity index (χ0) is 94.8. The normalized spacial score (nSPS) is 15.4. The van der Waals surface area contributed by atoms with E-state index in [4.69, 9.17) is 17.2 Å². The van der Waals surface area contributed by atoms with E-state index in [9.17, 15) is 111 Å². The van der Waals surface area contributed by atoms with Crippen LogP contribution in [0.15, 0.2) is 30.3 Å². The summed E-state index contributed by atoms with van der Waals surface area (Å²) in [5.74, 6) is -20.5. The number of likely N-dealkylation sites (tertiary alicyclic amines) is 1. The monoisotopic (exact) mass is 1740 g/mol. The molecular formula is C80H130N20O23. The van der Waals surface area contributed by atoms with Crippen LogP contribution in [0, 0.1) is 11.8 Å². The number of hydrogen-bond acceptors (Lipinski definition) is 22. The smallest absolute Gasteiger partial charge is 0.326 e. The van der Waals surface area contributed by atoms with Crippen molar-refractivity contribution < 1.29 is 111 Å². The highest BCUT2D eigenvalue weighted by molar-refractivity contribution is 6.04. The third-order valence-corrected chi connectivity index (χ3v) is 20.1. The summed E-state index contributed by atoms with van der Waals surface area (Å²) in [4.78, 5) is 283. The largest absolute Gasteiger partial charge is 0.480 e. The molecular weight excluding hydrogens is 1610 g/mol. The van der Waals surface area contributed by atoms with Crippen molar-refractivity contribution in [2.45, 2.75) is 309 Å². The Hall–Kier alpha value is -11.9. The zero-order valence-electron chi connectivity index (χ0n) is 74.2. The van der Waals surface area contributed by atoms with Crippen LogP contribution >= 0.6 is 0 Å². The van der Waals surface area contributed by atoms with Gasteiger partial charge in [0, 0.05) is 39.2 Å². The molecule has 0 aliphatic carbocycles. The molecule has 1 saturated heterocycles. The third kappa shape index (κ3) is 33.8. The lowest BCUT2D eigenvalue weighted by molar-refractivity contribution is -0.146. The number of nitrogens with two attached hydrogens (primary N) is 3. The molecule has 688 valence electrons. The molecule has 20 amide bonds. The molecule has 0 radical (unpaired) electrons. The molecule has 2 rings (SSSR count). The van der Waals surface area contributed by atoms with Crippen LogP contribution in [0.5, 0.6) is 0 Å². The first kappa shape index (κ1) is 107. The highest BCUT2D eigenvalue weighted by Gasteiger charge is 2.48. The maximum Gasteiger partial charge on any atom is 0.326 e. The molecule has 0 unspecified atom stereocenters. The van der Waals surface area contributed by atoms with Crippen molar-refractivity contribution in [1.29, 1.82) is 0 Å². The summed E-state index contributed by atoms with van der Waals surface area (Å²) in [7, 11) is 0. The van der Waals surface area contributed by atoms with Crippen molar-refractivity contribution in [3.05, 3.63) is 35.9 Å². The van der Waals surface area contributed by atoms with Gasteiger partial charge in [-0.05, 0) is 166 Å². The molecule has 9 atom stereocenters. The van der Waals surface area contributed by atoms with E-state index in [1.807, 2.05) is 0 Å². The van der Waals surface area contributed by atoms with Crippen LogP contribution in [0.3, 0.4) is 0 Å². The highest BCUT2D eigenvalue weighted by atomic mass is 16.4. The first-order valence-electron chi connectivity index (χ1n) is 40.3. The van der Waals surface area contributed by atoms with Crippen LogP contribution < -0.4 is 102 Å². The van der Waals surface area contributed by atoms with Gasteiger partial charge in [0.25, 0.3) is 0 Å². The van der Waals surface area contributed by atoms with Gasteiger partial charge in [-0.1, -0.05) is 65.0 Å². The van der Waals surface area contributed by atoms with E-state index < -0.39 is 274 Å². The van der Waals surface area contributed by atoms with Crippen molar-refractivity contribution in [3.63, 3.8) is 0 Å². The maximum absolute atomic E-state index is 14.6. The van der Waals surface area contributed by atoms with Crippen LogP contribution in [-0.2, 0) is 107 Å². The first-order valence-corrected chi connectivity index (χ1v) is 40.3. The summed E-state index contributed by atoms with van der Waals surface area (Å²) >= 11 is 0. The van der Waals surface area contributed by atoms with E-state index in [2.05, 4.69) is 85.1 Å². The molecule has 43 nitrogen and oxygen atoms in total. The third-order valence-electron chi connectivity index (χ3n) is 20.1. The molecule has 1 heterocycles. The number of carboxylic acid groups (broad SMARTS) is 1. The summed E-state index contributed by atoms with van der Waals surface area (Å²) in [5, 5.41) is 60.1. The summed E-state index contributed by atoms with van der Waals surface area (Å²) in [6.07, 6.45) is -2.52. The Balaban J connectivity index is 2.25. The SMILES string of the molecule is CC[C@](C)(NC(=O)C(C)(C)NC(=O)[C@@H](NC(=O)[C@@H]1CCCN1C(=O)C(C)(C)NC(=O)[C@H](CC(C)C)NC(=O)[C@H](CO)NC(=O)C(C)(C)NC(=O)C(C)(C)NC(=O)[C@H](CCC(N)=O)NC(=O)C(C)(C)NC(=O)C(C)(C)NC(=O)[C@H](Cc1ccccc1)NC(=O)CNC(=O)C(C)(C)NC(C)=O)C(C)C)C(=O)N[C@@H](CCC(N)=O)C(=O)N[C@@H](CCC(N)=O)C(=O)O. The summed E-state index contributed by atoms with van der Waals surface area (Å²) in [6.45, 7) is 27.1. The molecule has 1 aromatic carbocycles. The van der Waals surface area contributed by atoms with Crippen LogP contribution in [0.1, 0.15) is 215 Å². The number of primary amides is 3. The Morgan fingerprint density at radius 1 is 0.439 bits per heavy atom. The second-order valence-electron chi connectivity index (χ2n) is 35.3. The minimum absolute atomic E-state index is 0.00569. The van der Waals surface area contributed by atoms with Crippen LogP contribution in [0.25, 0.3) is 0 Å². The minimum Gasteiger partial charge on any atom is -0.480 e. The van der Waals surface area contributed by atoms with Gasteiger partial charge < -0.3 is 117 Å². The fraction of sp³-hybridized carbons (Fsp3) is 0.662. The Bertz CT molecular complexity index is 4100. The van der Waals surface area contributed by atoms with Gasteiger partial charge in [-0.2, -0.15) is 0 Å². The number of amides is 20. The van der Waals surface area contributed by atoms with Crippen molar-refractivity contribution in [2.24, 2.45) is 29.0 Å². The predicted octanol–water partition coefficient (Wildman–Crippen LogP) is -5.13. The fourth-order valence-electron chi connectivity index (χ4n) is 12.2. The van der Waals surface area contributed by atoms with E-state index in [-0.39, 0.29) is 44.6 Å². The molecule has 0 saturated carbocycles. The number of carbonyl (C=O) groups is 21. The molecule has 1 aliphatic rings. The summed E-state index contributed by atoms with van der Waals surface area (Å²) in [5.41, 5.74) is 1.93. The van der Waals surface area contributed by atoms with Crippen LogP contribution in [-0.4, -0.2) is 252 Å². The van der Waals surface area contributed by atoms with Gasteiger partial charge in [0.2, 0.25) is 118 Å². The number of rotatable bonds is 49. The molecule has 123 heavy (non-hydrogen) atoms. The topological polar surface area (TPSA) is 673 Å². The molecule has 0 aromatic heterocycles. The number of carbonyl (C=O) groups excluding carboxylic acids is 20. The van der Waals surface area contributed by atoms with E-state index in [0.29, 0.717) is 5.56 Å². The van der Waals surface area contributed by atoms with Gasteiger partial charge >= 0.3 is 5.97 Å². The van der Waals surface area contributed by atoms with Crippen molar-refractivity contribution in [1.82, 2.24) is 90.0 Å². The Labute approximate surface area is 715 Å². The van der Waals surface area contributed by atoms with E-state index in [0.717, 1.165) is 0 Å². The maximum atomic E-state index is 14.6. The number of benzene rings is 1. The quantitative estimate of drug-likeness (QED) is 0.0290. The van der Waals surface area contributed by atoms with Crippen molar-refractivity contribution in [2.75, 3.05) is 19.7 Å². The van der Waals surface area contributed by atoms with Gasteiger partial charge in [-0.25, -0.2) is 4.79 Å². The van der Waals surface area contributed by atoms with E-state index in [1.54, 1.807) is 58.0 Å². The molecule has 24 N–H and O–H groups in total. The van der Waals surface area contributed by atoms with E-state index in [1.165, 1.54) is 123 Å². The van der Waals surface area contributed by atoms with Gasteiger partial charge in [0.05, 0.1) is 13.2 Å². The van der Waals surface area contributed by atoms with Crippen molar-refractivity contribution in [3.8, 4) is 0 Å². The molecule has 1 fully saturated rings. The van der Waals surface area contributed by atoms with Gasteiger partial charge in [0.1, 0.15) is 92.6 Å². The average molecular weight is 1740 g/mol. The van der Waals surface area contributed by atoms with Crippen LogP contribution in [0.4, 0.5) is 0 Å². The van der Waals surface area contributed by atoms with Gasteiger partial charge in [-0.3, -0.25) is 95.9 Å². The molecule has 1 aromatic rings. The number of aliphatic hydroxyl groups is 1. The highest BCUT2D eigenvalue weighted by Crippen LogP contribution is 2.25. The minimum atomic E-state index is -1.97. The lowest BCUT2D eigenvalue weighted by atomic mass is 9.93. The second kappa shape index (κ2) is 45.3. The number of nitrogens with zero attached hydrogens (tertiary/aromatic N) is 1. The summed E-state index contributed by atoms with van der Waals surface area (Å²) < 4.78 is 0. The number of hydrogen-bond donors (Lipinski definition) is 21. The zero-order valence-corrected chi connectivity index (χ0v) is 74.2. The lowest BCUT2D eigenvalue weighted by Gasteiger charge is -2.36. The number of nitrogens with one attached hydrogen (secondary N) is 16. The molecule has 0 bridgehead atoms.